The van der Waals surface area contributed by atoms with Crippen LogP contribution in [-0.4, -0.2) is 16.7 Å². The molecule has 0 spiro atoms. The number of fused-ring (bicyclic) bond motifs is 1. The summed E-state index contributed by atoms with van der Waals surface area (Å²) < 4.78 is 7.36. The quantitative estimate of drug-likeness (QED) is 0.702. The fraction of sp³-hybridized carbons (Fsp3) is 0.214. The highest BCUT2D eigenvalue weighted by Gasteiger charge is 2.11. The molecule has 2 heterocycles. The Labute approximate surface area is 110 Å². The molecule has 0 fully saturated rings. The standard InChI is InChI=1S/C14H14N2OS/c1-9-4-7-13(18-9)14-15-11-8-10(17-3)5-6-12(11)16(14)2/h4-8H,1-3H3. The van der Waals surface area contributed by atoms with Crippen LogP contribution >= 0.6 is 11.3 Å². The molecule has 0 aliphatic heterocycles. The van der Waals surface area contributed by atoms with Crippen LogP contribution < -0.4 is 4.74 Å². The van der Waals surface area contributed by atoms with Crippen molar-refractivity contribution in [2.24, 2.45) is 7.05 Å². The summed E-state index contributed by atoms with van der Waals surface area (Å²) in [5.74, 6) is 1.85. The van der Waals surface area contributed by atoms with Gasteiger partial charge in [-0.3, -0.25) is 0 Å². The number of hydrogen-bond acceptors (Lipinski definition) is 3. The summed E-state index contributed by atoms with van der Waals surface area (Å²) in [6.45, 7) is 2.11. The van der Waals surface area contributed by atoms with Crippen LogP contribution in [0.15, 0.2) is 30.3 Å². The van der Waals surface area contributed by atoms with Crippen molar-refractivity contribution in [2.45, 2.75) is 6.92 Å². The van der Waals surface area contributed by atoms with Gasteiger partial charge in [-0.15, -0.1) is 11.3 Å². The van der Waals surface area contributed by atoms with Gasteiger partial charge in [-0.2, -0.15) is 0 Å². The first-order valence-electron chi connectivity index (χ1n) is 5.76. The van der Waals surface area contributed by atoms with Crippen molar-refractivity contribution >= 4 is 22.4 Å². The molecule has 0 aliphatic carbocycles. The highest BCUT2D eigenvalue weighted by Crippen LogP contribution is 2.30. The summed E-state index contributed by atoms with van der Waals surface area (Å²) in [6.07, 6.45) is 0. The number of aromatic nitrogens is 2. The normalized spacial score (nSPS) is 11.1. The minimum Gasteiger partial charge on any atom is -0.497 e. The fourth-order valence-corrected chi connectivity index (χ4v) is 2.97. The molecular weight excluding hydrogens is 244 g/mol. The topological polar surface area (TPSA) is 27.1 Å². The Hall–Kier alpha value is -1.81. The lowest BCUT2D eigenvalue weighted by Crippen LogP contribution is -1.90. The first-order valence-corrected chi connectivity index (χ1v) is 6.58. The smallest absolute Gasteiger partial charge is 0.150 e. The molecule has 0 atom stereocenters. The van der Waals surface area contributed by atoms with Gasteiger partial charge in [-0.25, -0.2) is 4.98 Å². The van der Waals surface area contributed by atoms with Crippen LogP contribution in [0.4, 0.5) is 0 Å². The minimum absolute atomic E-state index is 0.842. The molecule has 2 aromatic heterocycles. The monoisotopic (exact) mass is 258 g/mol. The molecule has 3 rings (SSSR count). The largest absolute Gasteiger partial charge is 0.497 e. The summed E-state index contributed by atoms with van der Waals surface area (Å²) in [7, 11) is 3.72. The number of aryl methyl sites for hydroxylation is 2. The summed E-state index contributed by atoms with van der Waals surface area (Å²) in [6, 6.07) is 10.2. The van der Waals surface area contributed by atoms with Crippen molar-refractivity contribution in [1.82, 2.24) is 9.55 Å². The Balaban J connectivity index is 2.22. The zero-order chi connectivity index (χ0) is 12.7. The number of thiophene rings is 1. The van der Waals surface area contributed by atoms with Crippen LogP contribution in [0, 0.1) is 6.92 Å². The number of rotatable bonds is 2. The summed E-state index contributed by atoms with van der Waals surface area (Å²) in [5.41, 5.74) is 2.09. The Kier molecular flexibility index (Phi) is 2.59. The predicted octanol–water partition coefficient (Wildman–Crippen LogP) is 3.62. The molecule has 18 heavy (non-hydrogen) atoms. The molecule has 0 N–H and O–H groups in total. The molecule has 3 aromatic rings. The van der Waals surface area contributed by atoms with Gasteiger partial charge in [-0.05, 0) is 31.2 Å². The SMILES string of the molecule is COc1ccc2c(c1)nc(-c1ccc(C)s1)n2C. The summed E-state index contributed by atoms with van der Waals surface area (Å²) >= 11 is 1.77. The van der Waals surface area contributed by atoms with Gasteiger partial charge >= 0.3 is 0 Å². The average Bonchev–Trinajstić information content (AvgIpc) is 2.93. The third-order valence-electron chi connectivity index (χ3n) is 3.05. The van der Waals surface area contributed by atoms with Crippen molar-refractivity contribution in [1.29, 1.82) is 0 Å². The van der Waals surface area contributed by atoms with E-state index in [9.17, 15) is 0 Å². The fourth-order valence-electron chi connectivity index (χ4n) is 2.08. The third kappa shape index (κ3) is 1.69. The molecule has 0 amide bonds. The second-order valence-electron chi connectivity index (χ2n) is 4.26. The van der Waals surface area contributed by atoms with Crippen molar-refractivity contribution in [3.63, 3.8) is 0 Å². The lowest BCUT2D eigenvalue weighted by Gasteiger charge is -2.00. The van der Waals surface area contributed by atoms with Crippen LogP contribution in [0.2, 0.25) is 0 Å². The van der Waals surface area contributed by atoms with E-state index in [0.29, 0.717) is 0 Å². The van der Waals surface area contributed by atoms with E-state index in [2.05, 4.69) is 23.6 Å². The second-order valence-corrected chi connectivity index (χ2v) is 5.55. The molecule has 0 unspecified atom stereocenters. The van der Waals surface area contributed by atoms with Gasteiger partial charge in [0, 0.05) is 18.0 Å². The molecule has 3 nitrogen and oxygen atoms in total. The van der Waals surface area contributed by atoms with Crippen LogP contribution in [0.1, 0.15) is 4.88 Å². The van der Waals surface area contributed by atoms with Crippen LogP contribution in [0.5, 0.6) is 5.75 Å². The van der Waals surface area contributed by atoms with Crippen molar-refractivity contribution < 1.29 is 4.74 Å². The second kappa shape index (κ2) is 4.14. The Morgan fingerprint density at radius 2 is 2.06 bits per heavy atom. The zero-order valence-corrected chi connectivity index (χ0v) is 11.4. The van der Waals surface area contributed by atoms with Gasteiger partial charge in [0.15, 0.2) is 5.82 Å². The van der Waals surface area contributed by atoms with Crippen molar-refractivity contribution in [3.05, 3.63) is 35.2 Å². The van der Waals surface area contributed by atoms with E-state index >= 15 is 0 Å². The van der Waals surface area contributed by atoms with Crippen LogP contribution in [0.3, 0.4) is 0 Å². The lowest BCUT2D eigenvalue weighted by molar-refractivity contribution is 0.415. The lowest BCUT2D eigenvalue weighted by atomic mass is 10.3. The third-order valence-corrected chi connectivity index (χ3v) is 4.05. The maximum atomic E-state index is 5.23. The summed E-state index contributed by atoms with van der Waals surface area (Å²) in [5, 5.41) is 0. The van der Waals surface area contributed by atoms with Crippen LogP contribution in [-0.2, 0) is 7.05 Å². The Morgan fingerprint density at radius 3 is 2.72 bits per heavy atom. The molecule has 0 saturated carbocycles. The van der Waals surface area contributed by atoms with E-state index in [1.165, 1.54) is 9.75 Å². The molecule has 4 heteroatoms. The van der Waals surface area contributed by atoms with E-state index in [1.807, 2.05) is 25.2 Å². The first kappa shape index (κ1) is 11.3. The summed E-state index contributed by atoms with van der Waals surface area (Å²) in [4.78, 5) is 7.20. The first-order chi connectivity index (χ1) is 8.69. The van der Waals surface area contributed by atoms with Crippen molar-refractivity contribution in [3.8, 4) is 16.5 Å². The van der Waals surface area contributed by atoms with Gasteiger partial charge in [0.05, 0.1) is 23.0 Å². The van der Waals surface area contributed by atoms with E-state index in [1.54, 1.807) is 18.4 Å². The van der Waals surface area contributed by atoms with E-state index < -0.39 is 0 Å². The van der Waals surface area contributed by atoms with Crippen LogP contribution in [0.25, 0.3) is 21.7 Å². The maximum absolute atomic E-state index is 5.23. The Bertz CT molecular complexity index is 712. The molecule has 92 valence electrons. The minimum atomic E-state index is 0.842. The number of hydrogen-bond donors (Lipinski definition) is 0. The molecule has 0 radical (unpaired) electrons. The molecular formula is C14H14N2OS. The average molecular weight is 258 g/mol. The molecule has 1 aromatic carbocycles. The number of benzene rings is 1. The number of methoxy groups -OCH3 is 1. The molecule has 0 bridgehead atoms. The number of ether oxygens (including phenoxy) is 1. The van der Waals surface area contributed by atoms with Gasteiger partial charge in [0.2, 0.25) is 0 Å². The number of imidazole rings is 1. The zero-order valence-electron chi connectivity index (χ0n) is 10.6. The highest BCUT2D eigenvalue weighted by atomic mass is 32.1. The van der Waals surface area contributed by atoms with Gasteiger partial charge in [-0.1, -0.05) is 0 Å². The highest BCUT2D eigenvalue weighted by molar-refractivity contribution is 7.15. The predicted molar refractivity (Wildman–Crippen MR) is 75.3 cm³/mol. The number of nitrogens with zero attached hydrogens (tertiary/aromatic N) is 2. The van der Waals surface area contributed by atoms with E-state index in [-0.39, 0.29) is 0 Å². The maximum Gasteiger partial charge on any atom is 0.150 e. The van der Waals surface area contributed by atoms with Gasteiger partial charge < -0.3 is 9.30 Å². The van der Waals surface area contributed by atoms with E-state index in [4.69, 9.17) is 9.72 Å². The molecule has 0 aliphatic rings. The van der Waals surface area contributed by atoms with Gasteiger partial charge in [0.1, 0.15) is 5.75 Å². The van der Waals surface area contributed by atoms with E-state index in [0.717, 1.165) is 22.6 Å². The molecule has 0 saturated heterocycles. The Morgan fingerprint density at radius 1 is 1.22 bits per heavy atom. The van der Waals surface area contributed by atoms with Gasteiger partial charge in [0.25, 0.3) is 0 Å². The van der Waals surface area contributed by atoms with Crippen molar-refractivity contribution in [2.75, 3.05) is 7.11 Å².